The SMILES string of the molecule is c1ccc(-c2ccccc2N(c2cc3c4ccccc4oc3c3ccccc23)c2cccc3c2oc2c(-c4ccccc4)cccc23)cc1. The third kappa shape index (κ3) is 4.29. The molecule has 0 saturated heterocycles. The van der Waals surface area contributed by atoms with Gasteiger partial charge < -0.3 is 13.7 Å². The maximum Gasteiger partial charge on any atom is 0.159 e. The van der Waals surface area contributed by atoms with E-state index in [-0.39, 0.29) is 0 Å². The van der Waals surface area contributed by atoms with Crippen LogP contribution in [0.15, 0.2) is 185 Å². The van der Waals surface area contributed by atoms with E-state index in [1.165, 1.54) is 0 Å². The summed E-state index contributed by atoms with van der Waals surface area (Å²) >= 11 is 0. The minimum absolute atomic E-state index is 0.838. The van der Waals surface area contributed by atoms with Crippen LogP contribution in [0.2, 0.25) is 0 Å². The fourth-order valence-electron chi connectivity index (χ4n) is 7.46. The Kier molecular flexibility index (Phi) is 6.18. The van der Waals surface area contributed by atoms with Gasteiger partial charge in [0.15, 0.2) is 5.58 Å². The highest BCUT2D eigenvalue weighted by molar-refractivity contribution is 6.21. The molecule has 0 radical (unpaired) electrons. The van der Waals surface area contributed by atoms with E-state index in [0.29, 0.717) is 0 Å². The molecule has 8 aromatic carbocycles. The lowest BCUT2D eigenvalue weighted by Gasteiger charge is -2.29. The number of nitrogens with zero attached hydrogens (tertiary/aromatic N) is 1. The second-order valence-electron chi connectivity index (χ2n) is 12.4. The molecule has 0 saturated carbocycles. The van der Waals surface area contributed by atoms with Crippen molar-refractivity contribution in [1.29, 1.82) is 0 Å². The highest BCUT2D eigenvalue weighted by Gasteiger charge is 2.25. The van der Waals surface area contributed by atoms with Crippen molar-refractivity contribution in [3.05, 3.63) is 176 Å². The monoisotopic (exact) mass is 627 g/mol. The number of anilines is 3. The number of rotatable bonds is 5. The largest absolute Gasteiger partial charge is 0.455 e. The van der Waals surface area contributed by atoms with Gasteiger partial charge in [-0.2, -0.15) is 0 Å². The summed E-state index contributed by atoms with van der Waals surface area (Å²) in [5, 5.41) is 6.50. The maximum atomic E-state index is 7.03. The lowest BCUT2D eigenvalue weighted by molar-refractivity contribution is 0.670. The summed E-state index contributed by atoms with van der Waals surface area (Å²) in [6, 6.07) is 61.8. The Labute approximate surface area is 282 Å². The average molecular weight is 628 g/mol. The fourth-order valence-corrected chi connectivity index (χ4v) is 7.46. The third-order valence-corrected chi connectivity index (χ3v) is 9.66. The lowest BCUT2D eigenvalue weighted by Crippen LogP contribution is -2.12. The summed E-state index contributed by atoms with van der Waals surface area (Å²) < 4.78 is 13.6. The Morgan fingerprint density at radius 1 is 0.306 bits per heavy atom. The Morgan fingerprint density at radius 3 is 1.63 bits per heavy atom. The fraction of sp³-hybridized carbons (Fsp3) is 0. The van der Waals surface area contributed by atoms with Crippen molar-refractivity contribution >= 4 is 71.7 Å². The maximum absolute atomic E-state index is 7.03. The van der Waals surface area contributed by atoms with E-state index in [1.54, 1.807) is 0 Å². The predicted molar refractivity (Wildman–Crippen MR) is 204 cm³/mol. The van der Waals surface area contributed by atoms with Gasteiger partial charge >= 0.3 is 0 Å². The third-order valence-electron chi connectivity index (χ3n) is 9.66. The van der Waals surface area contributed by atoms with Crippen LogP contribution in [0.3, 0.4) is 0 Å². The van der Waals surface area contributed by atoms with Gasteiger partial charge in [0.05, 0.1) is 17.1 Å². The Bertz CT molecular complexity index is 2830. The topological polar surface area (TPSA) is 29.5 Å². The van der Waals surface area contributed by atoms with E-state index >= 15 is 0 Å². The second-order valence-corrected chi connectivity index (χ2v) is 12.4. The van der Waals surface area contributed by atoms with Gasteiger partial charge in [-0.05, 0) is 35.4 Å². The van der Waals surface area contributed by atoms with Crippen molar-refractivity contribution in [2.75, 3.05) is 4.90 Å². The van der Waals surface area contributed by atoms with Crippen LogP contribution in [-0.4, -0.2) is 0 Å². The second kappa shape index (κ2) is 11.0. The number of hydrogen-bond acceptors (Lipinski definition) is 3. The van der Waals surface area contributed by atoms with Gasteiger partial charge in [-0.3, -0.25) is 0 Å². The molecule has 10 rings (SSSR count). The summed E-state index contributed by atoms with van der Waals surface area (Å²) in [5.74, 6) is 0. The molecule has 0 aliphatic heterocycles. The molecule has 0 fully saturated rings. The number of furan rings is 2. The van der Waals surface area contributed by atoms with E-state index in [1.807, 2.05) is 18.2 Å². The molecule has 0 unspecified atom stereocenters. The smallest absolute Gasteiger partial charge is 0.159 e. The van der Waals surface area contributed by atoms with E-state index in [9.17, 15) is 0 Å². The average Bonchev–Trinajstić information content (AvgIpc) is 3.75. The van der Waals surface area contributed by atoms with Gasteiger partial charge in [0.25, 0.3) is 0 Å². The van der Waals surface area contributed by atoms with Crippen LogP contribution < -0.4 is 4.90 Å². The van der Waals surface area contributed by atoms with Crippen LogP contribution in [0.4, 0.5) is 17.1 Å². The first-order valence-electron chi connectivity index (χ1n) is 16.6. The number of para-hydroxylation sites is 4. The zero-order chi connectivity index (χ0) is 32.3. The van der Waals surface area contributed by atoms with Crippen molar-refractivity contribution in [2.45, 2.75) is 0 Å². The van der Waals surface area contributed by atoms with Crippen LogP contribution in [0, 0.1) is 0 Å². The molecule has 10 aromatic rings. The van der Waals surface area contributed by atoms with Crippen LogP contribution in [0.25, 0.3) is 76.9 Å². The molecule has 0 N–H and O–H groups in total. The van der Waals surface area contributed by atoms with Gasteiger partial charge in [-0.1, -0.05) is 152 Å². The number of hydrogen-bond donors (Lipinski definition) is 0. The van der Waals surface area contributed by atoms with Crippen LogP contribution in [-0.2, 0) is 0 Å². The minimum Gasteiger partial charge on any atom is -0.455 e. The van der Waals surface area contributed by atoms with Gasteiger partial charge in [0, 0.05) is 43.4 Å². The molecule has 0 atom stereocenters. The number of fused-ring (bicyclic) bond motifs is 8. The van der Waals surface area contributed by atoms with Gasteiger partial charge in [0.1, 0.15) is 16.7 Å². The molecule has 230 valence electrons. The molecule has 2 aromatic heterocycles. The molecule has 0 amide bonds. The first-order valence-corrected chi connectivity index (χ1v) is 16.6. The first-order chi connectivity index (χ1) is 24.3. The molecule has 2 heterocycles. The minimum atomic E-state index is 0.838. The molecule has 0 aliphatic rings. The summed E-state index contributed by atoms with van der Waals surface area (Å²) in [6.07, 6.45) is 0. The summed E-state index contributed by atoms with van der Waals surface area (Å²) in [7, 11) is 0. The molecule has 0 bridgehead atoms. The van der Waals surface area contributed by atoms with E-state index in [2.05, 4.69) is 163 Å². The zero-order valence-corrected chi connectivity index (χ0v) is 26.5. The molecule has 49 heavy (non-hydrogen) atoms. The van der Waals surface area contributed by atoms with Gasteiger partial charge in [-0.25, -0.2) is 0 Å². The van der Waals surface area contributed by atoms with Crippen molar-refractivity contribution in [3.63, 3.8) is 0 Å². The normalized spacial score (nSPS) is 11.7. The van der Waals surface area contributed by atoms with Crippen molar-refractivity contribution in [3.8, 4) is 22.3 Å². The van der Waals surface area contributed by atoms with Crippen molar-refractivity contribution < 1.29 is 8.83 Å². The van der Waals surface area contributed by atoms with E-state index < -0.39 is 0 Å². The molecule has 3 nitrogen and oxygen atoms in total. The molecular formula is C46H29NO2. The van der Waals surface area contributed by atoms with Gasteiger partial charge in [0.2, 0.25) is 0 Å². The Morgan fingerprint density at radius 2 is 0.837 bits per heavy atom. The molecular weight excluding hydrogens is 599 g/mol. The van der Waals surface area contributed by atoms with Crippen LogP contribution >= 0.6 is 0 Å². The summed E-state index contributed by atoms with van der Waals surface area (Å²) in [4.78, 5) is 2.39. The predicted octanol–water partition coefficient (Wildman–Crippen LogP) is 13.4. The number of benzene rings is 8. The summed E-state index contributed by atoms with van der Waals surface area (Å²) in [6.45, 7) is 0. The lowest BCUT2D eigenvalue weighted by atomic mass is 9.98. The van der Waals surface area contributed by atoms with Crippen LogP contribution in [0.1, 0.15) is 0 Å². The highest BCUT2D eigenvalue weighted by Crippen LogP contribution is 2.49. The van der Waals surface area contributed by atoms with Gasteiger partial charge in [-0.15, -0.1) is 0 Å². The van der Waals surface area contributed by atoms with E-state index in [4.69, 9.17) is 8.83 Å². The quantitative estimate of drug-likeness (QED) is 0.190. The highest BCUT2D eigenvalue weighted by atomic mass is 16.3. The van der Waals surface area contributed by atoms with Crippen LogP contribution in [0.5, 0.6) is 0 Å². The zero-order valence-electron chi connectivity index (χ0n) is 26.5. The van der Waals surface area contributed by atoms with Crippen molar-refractivity contribution in [1.82, 2.24) is 0 Å². The van der Waals surface area contributed by atoms with Crippen molar-refractivity contribution in [2.24, 2.45) is 0 Å². The Hall–Kier alpha value is -6.58. The summed E-state index contributed by atoms with van der Waals surface area (Å²) in [5.41, 5.74) is 11.0. The first kappa shape index (κ1) is 27.5. The molecule has 0 spiro atoms. The van der Waals surface area contributed by atoms with E-state index in [0.717, 1.165) is 94.0 Å². The standard InChI is InChI=1S/C46H29NO2/c1-3-15-30(16-4-1)32-19-9-11-26-40(32)47(42-29-39-35-21-10-12-28-43(35)48-45(39)36-22-8-7-20-34(36)42)41-27-14-25-38-37-24-13-23-33(44(37)49-46(38)41)31-17-5-2-6-18-31/h1-29H. The molecule has 0 aliphatic carbocycles. The Balaban J connectivity index is 1.34. The molecule has 3 heteroatoms.